The maximum atomic E-state index is 5.98. The van der Waals surface area contributed by atoms with Crippen molar-refractivity contribution in [3.05, 3.63) is 48.5 Å². The van der Waals surface area contributed by atoms with E-state index in [1.807, 2.05) is 24.3 Å². The molecule has 19 heavy (non-hydrogen) atoms. The van der Waals surface area contributed by atoms with Gasteiger partial charge in [-0.2, -0.15) is 0 Å². The van der Waals surface area contributed by atoms with Gasteiger partial charge in [-0.05, 0) is 22.9 Å². The van der Waals surface area contributed by atoms with Gasteiger partial charge in [-0.25, -0.2) is 0 Å². The van der Waals surface area contributed by atoms with Gasteiger partial charge in [0.25, 0.3) is 0 Å². The van der Waals surface area contributed by atoms with Crippen molar-refractivity contribution in [2.75, 3.05) is 6.61 Å². The van der Waals surface area contributed by atoms with Gasteiger partial charge in [-0.3, -0.25) is 0 Å². The van der Waals surface area contributed by atoms with Crippen molar-refractivity contribution in [2.24, 2.45) is 11.1 Å². The molecule has 2 nitrogen and oxygen atoms in total. The lowest BCUT2D eigenvalue weighted by Crippen LogP contribution is -2.17. The SMILES string of the molecule is C=C(N)c1cc(OCC(C)(C)C)c2ccccc2c1. The lowest BCUT2D eigenvalue weighted by Gasteiger charge is -2.20. The Bertz CT molecular complexity index is 608. The lowest BCUT2D eigenvalue weighted by molar-refractivity contribution is 0.200. The van der Waals surface area contributed by atoms with E-state index < -0.39 is 0 Å². The van der Waals surface area contributed by atoms with Crippen molar-refractivity contribution in [2.45, 2.75) is 20.8 Å². The molecule has 0 amide bonds. The average Bonchev–Trinajstić information content (AvgIpc) is 2.34. The maximum Gasteiger partial charge on any atom is 0.127 e. The van der Waals surface area contributed by atoms with Gasteiger partial charge in [-0.1, -0.05) is 51.6 Å². The van der Waals surface area contributed by atoms with E-state index in [0.29, 0.717) is 12.3 Å². The van der Waals surface area contributed by atoms with E-state index in [2.05, 4.69) is 39.5 Å². The van der Waals surface area contributed by atoms with Crippen LogP contribution in [0.15, 0.2) is 43.0 Å². The first-order chi connectivity index (χ1) is 8.87. The molecule has 0 radical (unpaired) electrons. The third kappa shape index (κ3) is 3.28. The van der Waals surface area contributed by atoms with Crippen molar-refractivity contribution >= 4 is 16.5 Å². The number of ether oxygens (including phenoxy) is 1. The first kappa shape index (κ1) is 13.5. The molecule has 0 heterocycles. The van der Waals surface area contributed by atoms with Crippen LogP contribution in [0.2, 0.25) is 0 Å². The Morgan fingerprint density at radius 3 is 2.53 bits per heavy atom. The summed E-state index contributed by atoms with van der Waals surface area (Å²) >= 11 is 0. The van der Waals surface area contributed by atoms with Crippen LogP contribution < -0.4 is 10.5 Å². The molecule has 0 aliphatic rings. The summed E-state index contributed by atoms with van der Waals surface area (Å²) in [4.78, 5) is 0. The summed E-state index contributed by atoms with van der Waals surface area (Å²) in [5.74, 6) is 0.870. The Hall–Kier alpha value is -1.96. The smallest absolute Gasteiger partial charge is 0.127 e. The molecular weight excluding hydrogens is 234 g/mol. The van der Waals surface area contributed by atoms with E-state index >= 15 is 0 Å². The molecule has 2 aromatic carbocycles. The zero-order chi connectivity index (χ0) is 14.0. The predicted molar refractivity (Wildman–Crippen MR) is 82.1 cm³/mol. The van der Waals surface area contributed by atoms with Crippen LogP contribution in [0.1, 0.15) is 26.3 Å². The fourth-order valence-corrected chi connectivity index (χ4v) is 1.87. The lowest BCUT2D eigenvalue weighted by atomic mass is 9.98. The van der Waals surface area contributed by atoms with Gasteiger partial charge in [0.15, 0.2) is 0 Å². The monoisotopic (exact) mass is 255 g/mol. The van der Waals surface area contributed by atoms with Gasteiger partial charge >= 0.3 is 0 Å². The highest BCUT2D eigenvalue weighted by atomic mass is 16.5. The molecule has 100 valence electrons. The Kier molecular flexibility index (Phi) is 3.52. The van der Waals surface area contributed by atoms with Crippen LogP contribution in [-0.2, 0) is 0 Å². The van der Waals surface area contributed by atoms with Crippen LogP contribution in [0.3, 0.4) is 0 Å². The fourth-order valence-electron chi connectivity index (χ4n) is 1.87. The first-order valence-corrected chi connectivity index (χ1v) is 6.47. The van der Waals surface area contributed by atoms with Gasteiger partial charge in [0.2, 0.25) is 0 Å². The van der Waals surface area contributed by atoms with Crippen LogP contribution in [0.5, 0.6) is 5.75 Å². The summed E-state index contributed by atoms with van der Waals surface area (Å²) < 4.78 is 5.98. The molecule has 2 aromatic rings. The molecular formula is C17H21NO. The first-order valence-electron chi connectivity index (χ1n) is 6.47. The highest BCUT2D eigenvalue weighted by molar-refractivity contribution is 5.91. The molecule has 2 heteroatoms. The molecule has 0 aliphatic heterocycles. The van der Waals surface area contributed by atoms with Gasteiger partial charge < -0.3 is 10.5 Å². The summed E-state index contributed by atoms with van der Waals surface area (Å²) in [5, 5.41) is 2.23. The van der Waals surface area contributed by atoms with Crippen LogP contribution in [0, 0.1) is 5.41 Å². The molecule has 0 aliphatic carbocycles. The molecule has 0 unspecified atom stereocenters. The number of hydrogen-bond acceptors (Lipinski definition) is 2. The zero-order valence-electron chi connectivity index (χ0n) is 11.9. The van der Waals surface area contributed by atoms with E-state index in [1.165, 1.54) is 0 Å². The van der Waals surface area contributed by atoms with Crippen molar-refractivity contribution in [3.63, 3.8) is 0 Å². The summed E-state index contributed by atoms with van der Waals surface area (Å²) in [6.07, 6.45) is 0. The van der Waals surface area contributed by atoms with Gasteiger partial charge in [-0.15, -0.1) is 0 Å². The summed E-state index contributed by atoms with van der Waals surface area (Å²) in [5.41, 5.74) is 7.41. The summed E-state index contributed by atoms with van der Waals surface area (Å²) in [6.45, 7) is 10.9. The van der Waals surface area contributed by atoms with E-state index in [9.17, 15) is 0 Å². The minimum Gasteiger partial charge on any atom is -0.492 e. The highest BCUT2D eigenvalue weighted by Crippen LogP contribution is 2.30. The third-order valence-electron chi connectivity index (χ3n) is 2.86. The molecule has 0 spiro atoms. The summed E-state index contributed by atoms with van der Waals surface area (Å²) in [6, 6.07) is 12.2. The number of benzene rings is 2. The Labute approximate surface area is 114 Å². The molecule has 2 rings (SSSR count). The molecule has 0 aromatic heterocycles. The molecule has 0 atom stereocenters. The Morgan fingerprint density at radius 1 is 1.21 bits per heavy atom. The van der Waals surface area contributed by atoms with E-state index in [-0.39, 0.29) is 5.41 Å². The second-order valence-corrected chi connectivity index (χ2v) is 6.07. The molecule has 0 bridgehead atoms. The van der Waals surface area contributed by atoms with E-state index in [0.717, 1.165) is 22.1 Å². The Balaban J connectivity index is 2.47. The van der Waals surface area contributed by atoms with Gasteiger partial charge in [0.1, 0.15) is 5.75 Å². The van der Waals surface area contributed by atoms with Gasteiger partial charge in [0.05, 0.1) is 6.61 Å². The number of fused-ring (bicyclic) bond motifs is 1. The van der Waals surface area contributed by atoms with E-state index in [4.69, 9.17) is 10.5 Å². The number of hydrogen-bond donors (Lipinski definition) is 1. The second kappa shape index (κ2) is 4.96. The van der Waals surface area contributed by atoms with Crippen LogP contribution in [0.25, 0.3) is 16.5 Å². The molecule has 0 saturated heterocycles. The van der Waals surface area contributed by atoms with Gasteiger partial charge in [0, 0.05) is 16.6 Å². The predicted octanol–water partition coefficient (Wildman–Crippen LogP) is 4.19. The highest BCUT2D eigenvalue weighted by Gasteiger charge is 2.13. The van der Waals surface area contributed by atoms with Crippen molar-refractivity contribution in [1.29, 1.82) is 0 Å². The topological polar surface area (TPSA) is 35.2 Å². The standard InChI is InChI=1S/C17H21NO/c1-12(18)14-9-13-7-5-6-8-15(13)16(10-14)19-11-17(2,3)4/h5-10H,1,11,18H2,2-4H3. The largest absolute Gasteiger partial charge is 0.492 e. The zero-order valence-corrected chi connectivity index (χ0v) is 11.9. The molecule has 2 N–H and O–H groups in total. The van der Waals surface area contributed by atoms with Crippen LogP contribution >= 0.6 is 0 Å². The van der Waals surface area contributed by atoms with Crippen LogP contribution in [-0.4, -0.2) is 6.61 Å². The number of nitrogens with two attached hydrogens (primary N) is 1. The fraction of sp³-hybridized carbons (Fsp3) is 0.294. The number of rotatable bonds is 3. The van der Waals surface area contributed by atoms with E-state index in [1.54, 1.807) is 0 Å². The van der Waals surface area contributed by atoms with Crippen LogP contribution in [0.4, 0.5) is 0 Å². The van der Waals surface area contributed by atoms with Crippen molar-refractivity contribution < 1.29 is 4.74 Å². The normalized spacial score (nSPS) is 11.5. The maximum absolute atomic E-state index is 5.98. The molecule has 0 saturated carbocycles. The van der Waals surface area contributed by atoms with Crippen molar-refractivity contribution in [1.82, 2.24) is 0 Å². The van der Waals surface area contributed by atoms with Crippen molar-refractivity contribution in [3.8, 4) is 5.75 Å². The quantitative estimate of drug-likeness (QED) is 0.892. The minimum absolute atomic E-state index is 0.122. The Morgan fingerprint density at radius 2 is 1.89 bits per heavy atom. The molecule has 0 fully saturated rings. The minimum atomic E-state index is 0.122. The second-order valence-electron chi connectivity index (χ2n) is 6.07. The average molecular weight is 255 g/mol. The summed E-state index contributed by atoms with van der Waals surface area (Å²) in [7, 11) is 0. The third-order valence-corrected chi connectivity index (χ3v) is 2.86.